The van der Waals surface area contributed by atoms with E-state index in [9.17, 15) is 0 Å². The van der Waals surface area contributed by atoms with Crippen LogP contribution in [0, 0.1) is 0 Å². The Kier molecular flexibility index (Phi) is 3.62. The maximum Gasteiger partial charge on any atom is 0.0717 e. The minimum absolute atomic E-state index is 0.0516. The lowest BCUT2D eigenvalue weighted by atomic mass is 9.79. The van der Waals surface area contributed by atoms with E-state index in [1.54, 1.807) is 0 Å². The average molecular weight is 254 g/mol. The minimum Gasteiger partial charge on any atom is -0.379 e. The molecule has 0 N–H and O–H groups in total. The van der Waals surface area contributed by atoms with Gasteiger partial charge in [-0.15, -0.1) is 0 Å². The summed E-state index contributed by atoms with van der Waals surface area (Å²) < 4.78 is 11.3. The Morgan fingerprint density at radius 2 is 1.53 bits per heavy atom. The quantitative estimate of drug-likeness (QED) is 0.816. The van der Waals surface area contributed by atoms with Crippen LogP contribution in [0.5, 0.6) is 0 Å². The Bertz CT molecular complexity index is 503. The highest BCUT2D eigenvalue weighted by atomic mass is 16.5. The SMILES string of the molecule is c1ccc(COCC2(c3ccccc3)COC2)cc1. The first-order chi connectivity index (χ1) is 9.39. The molecule has 0 radical (unpaired) electrons. The van der Waals surface area contributed by atoms with E-state index < -0.39 is 0 Å². The molecule has 1 aliphatic rings. The molecule has 0 spiro atoms. The highest BCUT2D eigenvalue weighted by Gasteiger charge is 2.40. The molecule has 0 aromatic heterocycles. The molecule has 1 heterocycles. The molecule has 19 heavy (non-hydrogen) atoms. The summed E-state index contributed by atoms with van der Waals surface area (Å²) in [6.45, 7) is 2.89. The standard InChI is InChI=1S/C17H18O2/c1-3-7-15(8-4-1)11-18-12-17(13-19-14-17)16-9-5-2-6-10-16/h1-10H,11-14H2. The van der Waals surface area contributed by atoms with Crippen molar-refractivity contribution in [1.82, 2.24) is 0 Å². The Morgan fingerprint density at radius 3 is 2.11 bits per heavy atom. The normalized spacial score (nSPS) is 16.8. The first kappa shape index (κ1) is 12.4. The Balaban J connectivity index is 1.62. The molecule has 98 valence electrons. The summed E-state index contributed by atoms with van der Waals surface area (Å²) in [5.74, 6) is 0. The summed E-state index contributed by atoms with van der Waals surface area (Å²) >= 11 is 0. The van der Waals surface area contributed by atoms with Crippen LogP contribution < -0.4 is 0 Å². The summed E-state index contributed by atoms with van der Waals surface area (Å²) in [6.07, 6.45) is 0. The molecule has 0 saturated carbocycles. The van der Waals surface area contributed by atoms with Crippen LogP contribution in [-0.2, 0) is 21.5 Å². The highest BCUT2D eigenvalue weighted by molar-refractivity contribution is 5.28. The molecule has 1 fully saturated rings. The molecule has 2 aromatic carbocycles. The van der Waals surface area contributed by atoms with Crippen molar-refractivity contribution >= 4 is 0 Å². The van der Waals surface area contributed by atoms with E-state index in [1.165, 1.54) is 11.1 Å². The zero-order chi connectivity index (χ0) is 13.0. The van der Waals surface area contributed by atoms with Gasteiger partial charge in [0.25, 0.3) is 0 Å². The molecule has 3 rings (SSSR count). The predicted molar refractivity (Wildman–Crippen MR) is 75.0 cm³/mol. The van der Waals surface area contributed by atoms with Crippen LogP contribution in [0.15, 0.2) is 60.7 Å². The van der Waals surface area contributed by atoms with Gasteiger partial charge in [0.05, 0.1) is 31.8 Å². The van der Waals surface area contributed by atoms with Crippen molar-refractivity contribution in [2.24, 2.45) is 0 Å². The summed E-state index contributed by atoms with van der Waals surface area (Å²) in [7, 11) is 0. The number of rotatable bonds is 5. The zero-order valence-electron chi connectivity index (χ0n) is 10.9. The van der Waals surface area contributed by atoms with Crippen molar-refractivity contribution in [3.8, 4) is 0 Å². The van der Waals surface area contributed by atoms with E-state index in [4.69, 9.17) is 9.47 Å². The van der Waals surface area contributed by atoms with Gasteiger partial charge in [0.15, 0.2) is 0 Å². The highest BCUT2D eigenvalue weighted by Crippen LogP contribution is 2.32. The van der Waals surface area contributed by atoms with E-state index in [0.29, 0.717) is 13.2 Å². The fraction of sp³-hybridized carbons (Fsp3) is 0.294. The van der Waals surface area contributed by atoms with Crippen LogP contribution in [0.25, 0.3) is 0 Å². The van der Waals surface area contributed by atoms with Gasteiger partial charge in [-0.1, -0.05) is 60.7 Å². The van der Waals surface area contributed by atoms with Gasteiger partial charge < -0.3 is 9.47 Å². The molecule has 2 heteroatoms. The van der Waals surface area contributed by atoms with Gasteiger partial charge in [0.2, 0.25) is 0 Å². The molecule has 1 aliphatic heterocycles. The van der Waals surface area contributed by atoms with Crippen molar-refractivity contribution in [3.63, 3.8) is 0 Å². The third kappa shape index (κ3) is 2.70. The van der Waals surface area contributed by atoms with Crippen molar-refractivity contribution in [3.05, 3.63) is 71.8 Å². The second-order valence-corrected chi connectivity index (χ2v) is 5.12. The Hall–Kier alpha value is -1.64. The van der Waals surface area contributed by atoms with E-state index >= 15 is 0 Å². The van der Waals surface area contributed by atoms with Gasteiger partial charge in [-0.25, -0.2) is 0 Å². The third-order valence-electron chi connectivity index (χ3n) is 3.63. The summed E-state index contributed by atoms with van der Waals surface area (Å²) in [5, 5.41) is 0. The minimum atomic E-state index is 0.0516. The van der Waals surface area contributed by atoms with Gasteiger partial charge in [-0.05, 0) is 11.1 Å². The number of ether oxygens (including phenoxy) is 2. The van der Waals surface area contributed by atoms with Crippen molar-refractivity contribution in [2.45, 2.75) is 12.0 Å². The van der Waals surface area contributed by atoms with Crippen molar-refractivity contribution in [1.29, 1.82) is 0 Å². The van der Waals surface area contributed by atoms with Crippen LogP contribution in [0.1, 0.15) is 11.1 Å². The first-order valence-corrected chi connectivity index (χ1v) is 6.64. The van der Waals surface area contributed by atoms with Gasteiger partial charge in [0, 0.05) is 0 Å². The average Bonchev–Trinajstić information content (AvgIpc) is 2.44. The lowest BCUT2D eigenvalue weighted by Crippen LogP contribution is -2.50. The maximum atomic E-state index is 5.90. The van der Waals surface area contributed by atoms with Gasteiger partial charge in [-0.3, -0.25) is 0 Å². The summed E-state index contributed by atoms with van der Waals surface area (Å²) in [6, 6.07) is 20.8. The van der Waals surface area contributed by atoms with E-state index in [0.717, 1.165) is 13.2 Å². The van der Waals surface area contributed by atoms with Crippen LogP contribution in [0.2, 0.25) is 0 Å². The number of hydrogen-bond donors (Lipinski definition) is 0. The molecule has 1 saturated heterocycles. The fourth-order valence-electron chi connectivity index (χ4n) is 2.41. The second kappa shape index (κ2) is 5.55. The number of hydrogen-bond acceptors (Lipinski definition) is 2. The van der Waals surface area contributed by atoms with Gasteiger partial charge >= 0.3 is 0 Å². The topological polar surface area (TPSA) is 18.5 Å². The summed E-state index contributed by atoms with van der Waals surface area (Å²) in [5.41, 5.74) is 2.58. The molecular weight excluding hydrogens is 236 g/mol. The van der Waals surface area contributed by atoms with Crippen LogP contribution >= 0.6 is 0 Å². The van der Waals surface area contributed by atoms with Crippen molar-refractivity contribution < 1.29 is 9.47 Å². The largest absolute Gasteiger partial charge is 0.379 e. The van der Waals surface area contributed by atoms with Crippen LogP contribution in [0.4, 0.5) is 0 Å². The Labute approximate surface area is 114 Å². The molecule has 0 aliphatic carbocycles. The van der Waals surface area contributed by atoms with E-state index in [-0.39, 0.29) is 5.41 Å². The van der Waals surface area contributed by atoms with Crippen LogP contribution in [-0.4, -0.2) is 19.8 Å². The summed E-state index contributed by atoms with van der Waals surface area (Å²) in [4.78, 5) is 0. The molecule has 0 bridgehead atoms. The molecule has 0 unspecified atom stereocenters. The Morgan fingerprint density at radius 1 is 0.895 bits per heavy atom. The number of benzene rings is 2. The predicted octanol–water partition coefficient (Wildman–Crippen LogP) is 3.17. The smallest absolute Gasteiger partial charge is 0.0717 e. The molecule has 0 atom stereocenters. The fourth-order valence-corrected chi connectivity index (χ4v) is 2.41. The molecule has 2 aromatic rings. The first-order valence-electron chi connectivity index (χ1n) is 6.64. The van der Waals surface area contributed by atoms with E-state index in [2.05, 4.69) is 36.4 Å². The second-order valence-electron chi connectivity index (χ2n) is 5.12. The lowest BCUT2D eigenvalue weighted by molar-refractivity contribution is -0.101. The monoisotopic (exact) mass is 254 g/mol. The molecule has 2 nitrogen and oxygen atoms in total. The lowest BCUT2D eigenvalue weighted by Gasteiger charge is -2.41. The van der Waals surface area contributed by atoms with Gasteiger partial charge in [0.1, 0.15) is 0 Å². The third-order valence-corrected chi connectivity index (χ3v) is 3.63. The molecular formula is C17H18O2. The maximum absolute atomic E-state index is 5.90. The van der Waals surface area contributed by atoms with Crippen LogP contribution in [0.3, 0.4) is 0 Å². The molecule has 0 amide bonds. The van der Waals surface area contributed by atoms with E-state index in [1.807, 2.05) is 24.3 Å². The van der Waals surface area contributed by atoms with Crippen molar-refractivity contribution in [2.75, 3.05) is 19.8 Å². The van der Waals surface area contributed by atoms with Gasteiger partial charge in [-0.2, -0.15) is 0 Å². The zero-order valence-corrected chi connectivity index (χ0v) is 10.9.